The number of nitrogen functional groups attached to an aromatic ring is 1. The molecule has 4 aromatic rings. The molecule has 0 saturated heterocycles. The molecule has 0 amide bonds. The lowest BCUT2D eigenvalue weighted by molar-refractivity contribution is 0.402. The minimum atomic E-state index is -0.671. The van der Waals surface area contributed by atoms with Gasteiger partial charge in [0.25, 0.3) is 0 Å². The Morgan fingerprint density at radius 2 is 1.07 bits per heavy atom. The molecule has 0 spiro atoms. The SMILES string of the molecule is Nc1cccc2c1C1c3ccccc3C2(N)C2c3ccccc3C1c1ccccc12. The molecule has 2 heteroatoms. The standard InChI is InChI=1S/C28H22N2/c29-23-15-7-14-22-26(23)25-20-12-5-6-13-21(20)28(22,30)27-18-10-3-1-8-16(18)24(25)17-9-2-4-11-19(17)27/h1-15,24-25,27H,29-30H2. The van der Waals surface area contributed by atoms with Crippen LogP contribution in [0.15, 0.2) is 91.0 Å². The van der Waals surface area contributed by atoms with Crippen molar-refractivity contribution in [2.24, 2.45) is 5.73 Å². The summed E-state index contributed by atoms with van der Waals surface area (Å²) in [5.74, 6) is 0.421. The number of hydrogen-bond acceptors (Lipinski definition) is 2. The van der Waals surface area contributed by atoms with Crippen molar-refractivity contribution in [2.45, 2.75) is 23.3 Å². The smallest absolute Gasteiger partial charge is 0.0783 e. The second-order valence-electron chi connectivity index (χ2n) is 8.91. The van der Waals surface area contributed by atoms with Gasteiger partial charge in [-0.15, -0.1) is 0 Å². The molecule has 2 atom stereocenters. The van der Waals surface area contributed by atoms with E-state index < -0.39 is 5.54 Å². The zero-order chi connectivity index (χ0) is 20.0. The van der Waals surface area contributed by atoms with Crippen molar-refractivity contribution in [3.63, 3.8) is 0 Å². The van der Waals surface area contributed by atoms with E-state index in [9.17, 15) is 0 Å². The van der Waals surface area contributed by atoms with Gasteiger partial charge in [0, 0.05) is 23.4 Å². The molecule has 4 aromatic carbocycles. The van der Waals surface area contributed by atoms with E-state index in [4.69, 9.17) is 11.5 Å². The van der Waals surface area contributed by atoms with Gasteiger partial charge in [-0.05, 0) is 50.6 Å². The summed E-state index contributed by atoms with van der Waals surface area (Å²) in [6.07, 6.45) is 0. The number of hydrogen-bond donors (Lipinski definition) is 2. The third-order valence-electron chi connectivity index (χ3n) is 7.71. The summed E-state index contributed by atoms with van der Waals surface area (Å²) in [5.41, 5.74) is 24.9. The second kappa shape index (κ2) is 5.41. The van der Waals surface area contributed by atoms with Gasteiger partial charge < -0.3 is 11.5 Å². The van der Waals surface area contributed by atoms with E-state index in [0.29, 0.717) is 0 Å². The minimum absolute atomic E-state index is 0.0455. The Morgan fingerprint density at radius 3 is 1.73 bits per heavy atom. The van der Waals surface area contributed by atoms with E-state index in [0.717, 1.165) is 5.69 Å². The molecule has 2 unspecified atom stereocenters. The minimum Gasteiger partial charge on any atom is -0.398 e. The first-order valence-corrected chi connectivity index (χ1v) is 10.7. The van der Waals surface area contributed by atoms with Crippen LogP contribution in [0.3, 0.4) is 0 Å². The van der Waals surface area contributed by atoms with Crippen molar-refractivity contribution in [1.82, 2.24) is 0 Å². The molecular weight excluding hydrogens is 364 g/mol. The summed E-state index contributed by atoms with van der Waals surface area (Å²) in [5, 5.41) is 0. The Hall–Kier alpha value is -3.36. The first-order valence-electron chi connectivity index (χ1n) is 10.7. The van der Waals surface area contributed by atoms with Crippen LogP contribution in [0.25, 0.3) is 0 Å². The van der Waals surface area contributed by atoms with E-state index in [2.05, 4.69) is 84.9 Å². The molecule has 0 heterocycles. The Balaban J connectivity index is 1.74. The predicted octanol–water partition coefficient (Wildman–Crippen LogP) is 5.21. The van der Waals surface area contributed by atoms with Gasteiger partial charge in [-0.25, -0.2) is 0 Å². The van der Waals surface area contributed by atoms with Gasteiger partial charge in [0.15, 0.2) is 0 Å². The monoisotopic (exact) mass is 386 g/mol. The van der Waals surface area contributed by atoms with Crippen LogP contribution >= 0.6 is 0 Å². The molecule has 0 aliphatic heterocycles. The van der Waals surface area contributed by atoms with Gasteiger partial charge in [-0.2, -0.15) is 0 Å². The van der Waals surface area contributed by atoms with Crippen LogP contribution in [0.1, 0.15) is 62.3 Å². The molecule has 6 aliphatic carbocycles. The van der Waals surface area contributed by atoms with Gasteiger partial charge >= 0.3 is 0 Å². The van der Waals surface area contributed by atoms with Crippen LogP contribution in [0, 0.1) is 0 Å². The zero-order valence-electron chi connectivity index (χ0n) is 16.5. The van der Waals surface area contributed by atoms with Crippen LogP contribution in [-0.2, 0) is 5.54 Å². The highest BCUT2D eigenvalue weighted by atomic mass is 14.8. The van der Waals surface area contributed by atoms with Crippen molar-refractivity contribution in [3.05, 3.63) is 136 Å². The highest BCUT2D eigenvalue weighted by Crippen LogP contribution is 2.65. The molecule has 4 N–H and O–H groups in total. The Morgan fingerprint density at radius 1 is 0.533 bits per heavy atom. The van der Waals surface area contributed by atoms with Crippen LogP contribution in [-0.4, -0.2) is 0 Å². The zero-order valence-corrected chi connectivity index (χ0v) is 16.5. The first-order chi connectivity index (χ1) is 14.7. The van der Waals surface area contributed by atoms with Crippen LogP contribution in [0.2, 0.25) is 0 Å². The van der Waals surface area contributed by atoms with Crippen LogP contribution in [0.5, 0.6) is 0 Å². The predicted molar refractivity (Wildman–Crippen MR) is 121 cm³/mol. The van der Waals surface area contributed by atoms with Crippen LogP contribution < -0.4 is 11.5 Å². The average Bonchev–Trinajstić information content (AvgIpc) is 2.77. The quantitative estimate of drug-likeness (QED) is 0.408. The van der Waals surface area contributed by atoms with Crippen molar-refractivity contribution in [2.75, 3.05) is 5.73 Å². The van der Waals surface area contributed by atoms with Gasteiger partial charge in [0.05, 0.1) is 5.54 Å². The Kier molecular flexibility index (Phi) is 2.96. The fourth-order valence-electron chi connectivity index (χ4n) is 6.69. The average molecular weight is 386 g/mol. The van der Waals surface area contributed by atoms with Gasteiger partial charge in [-0.1, -0.05) is 84.9 Å². The molecule has 2 nitrogen and oxygen atoms in total. The van der Waals surface area contributed by atoms with Gasteiger partial charge in [-0.3, -0.25) is 0 Å². The van der Waals surface area contributed by atoms with Crippen molar-refractivity contribution in [3.8, 4) is 0 Å². The largest absolute Gasteiger partial charge is 0.398 e. The fourth-order valence-corrected chi connectivity index (χ4v) is 6.69. The van der Waals surface area contributed by atoms with E-state index in [1.165, 1.54) is 44.5 Å². The van der Waals surface area contributed by atoms with Crippen LogP contribution in [0.4, 0.5) is 5.69 Å². The lowest BCUT2D eigenvalue weighted by Gasteiger charge is -2.55. The van der Waals surface area contributed by atoms with Crippen molar-refractivity contribution < 1.29 is 0 Å². The van der Waals surface area contributed by atoms with Gasteiger partial charge in [0.1, 0.15) is 0 Å². The Bertz CT molecular complexity index is 1310. The third kappa shape index (κ3) is 1.71. The molecule has 144 valence electrons. The topological polar surface area (TPSA) is 52.0 Å². The summed E-state index contributed by atoms with van der Waals surface area (Å²) in [4.78, 5) is 0. The highest BCUT2D eigenvalue weighted by molar-refractivity contribution is 5.73. The number of nitrogens with two attached hydrogens (primary N) is 2. The molecule has 10 rings (SSSR count). The summed E-state index contributed by atoms with van der Waals surface area (Å²) >= 11 is 0. The number of anilines is 1. The molecule has 0 saturated carbocycles. The van der Waals surface area contributed by atoms with Gasteiger partial charge in [0.2, 0.25) is 0 Å². The molecular formula is C28H22N2. The number of benzene rings is 4. The maximum absolute atomic E-state index is 7.61. The Labute approximate surface area is 176 Å². The summed E-state index contributed by atoms with van der Waals surface area (Å²) in [6, 6.07) is 32.9. The van der Waals surface area contributed by atoms with E-state index >= 15 is 0 Å². The van der Waals surface area contributed by atoms with Crippen molar-refractivity contribution in [1.29, 1.82) is 0 Å². The summed E-state index contributed by atoms with van der Waals surface area (Å²) in [6.45, 7) is 0. The molecule has 6 aliphatic rings. The maximum atomic E-state index is 7.61. The highest BCUT2D eigenvalue weighted by Gasteiger charge is 2.56. The molecule has 0 radical (unpaired) electrons. The van der Waals surface area contributed by atoms with E-state index in [-0.39, 0.29) is 17.8 Å². The fraction of sp³-hybridized carbons (Fsp3) is 0.143. The maximum Gasteiger partial charge on any atom is 0.0783 e. The normalized spacial score (nSPS) is 26.8. The second-order valence-corrected chi connectivity index (χ2v) is 8.91. The summed E-state index contributed by atoms with van der Waals surface area (Å²) < 4.78 is 0. The lowest BCUT2D eigenvalue weighted by atomic mass is 9.50. The molecule has 4 bridgehead atoms. The lowest BCUT2D eigenvalue weighted by Crippen LogP contribution is -2.52. The summed E-state index contributed by atoms with van der Waals surface area (Å²) in [7, 11) is 0. The van der Waals surface area contributed by atoms with E-state index in [1.807, 2.05) is 6.07 Å². The molecule has 0 aromatic heterocycles. The van der Waals surface area contributed by atoms with Crippen molar-refractivity contribution >= 4 is 5.69 Å². The third-order valence-corrected chi connectivity index (χ3v) is 7.71. The number of rotatable bonds is 0. The van der Waals surface area contributed by atoms with E-state index in [1.54, 1.807) is 0 Å². The molecule has 0 fully saturated rings. The molecule has 30 heavy (non-hydrogen) atoms. The first kappa shape index (κ1) is 16.4.